The van der Waals surface area contributed by atoms with Gasteiger partial charge in [0.15, 0.2) is 5.69 Å². The predicted molar refractivity (Wildman–Crippen MR) is 99.8 cm³/mol. The van der Waals surface area contributed by atoms with E-state index in [1.807, 2.05) is 6.07 Å². The van der Waals surface area contributed by atoms with E-state index in [1.54, 1.807) is 36.4 Å². The Labute approximate surface area is 157 Å². The molecule has 0 fully saturated rings. The fraction of sp³-hybridized carbons (Fsp3) is 0.0588. The lowest BCUT2D eigenvalue weighted by atomic mass is 10.1. The maximum Gasteiger partial charge on any atom is 0.337 e. The summed E-state index contributed by atoms with van der Waals surface area (Å²) in [6.07, 6.45) is 1.46. The number of halogens is 1. The Morgan fingerprint density at radius 3 is 2.69 bits per heavy atom. The fourth-order valence-electron chi connectivity index (χ4n) is 2.07. The number of hydrogen-bond donors (Lipinski definition) is 2. The van der Waals surface area contributed by atoms with E-state index in [1.165, 1.54) is 24.7 Å². The number of H-pyrrole nitrogens is 1. The number of methoxy groups -OCH3 is 1. The van der Waals surface area contributed by atoms with Crippen molar-refractivity contribution in [2.45, 2.75) is 0 Å². The minimum absolute atomic E-state index is 0.211. The molecule has 1 aromatic carbocycles. The van der Waals surface area contributed by atoms with Gasteiger partial charge >= 0.3 is 5.97 Å². The topological polar surface area (TPSA) is 96.4 Å². The van der Waals surface area contributed by atoms with E-state index < -0.39 is 11.9 Å². The molecule has 2 heterocycles. The number of ether oxygens (including phenoxy) is 1. The van der Waals surface area contributed by atoms with Crippen molar-refractivity contribution < 1.29 is 14.3 Å². The van der Waals surface area contributed by atoms with Crippen molar-refractivity contribution in [3.63, 3.8) is 0 Å². The van der Waals surface area contributed by atoms with Gasteiger partial charge in [-0.1, -0.05) is 23.7 Å². The minimum Gasteiger partial charge on any atom is -0.465 e. The molecule has 0 unspecified atom stereocenters. The molecule has 3 rings (SSSR count). The summed E-state index contributed by atoms with van der Waals surface area (Å²) in [5.74, 6) is -0.860. The van der Waals surface area contributed by atoms with Crippen LogP contribution in [0.25, 0.3) is 10.6 Å². The lowest BCUT2D eigenvalue weighted by molar-refractivity contribution is 0.0600. The van der Waals surface area contributed by atoms with Crippen molar-refractivity contribution in [2.75, 3.05) is 7.11 Å². The second-order valence-electron chi connectivity index (χ2n) is 5.08. The molecule has 9 heteroatoms. The molecular weight excluding hydrogens is 376 g/mol. The highest BCUT2D eigenvalue weighted by Crippen LogP contribution is 2.29. The third kappa shape index (κ3) is 4.16. The van der Waals surface area contributed by atoms with Gasteiger partial charge in [-0.2, -0.15) is 10.2 Å². The average Bonchev–Trinajstić information content (AvgIpc) is 3.30. The van der Waals surface area contributed by atoms with Crippen LogP contribution in [-0.4, -0.2) is 35.4 Å². The first-order valence-electron chi connectivity index (χ1n) is 7.39. The van der Waals surface area contributed by atoms with Crippen LogP contribution in [0, 0.1) is 0 Å². The van der Waals surface area contributed by atoms with Gasteiger partial charge in [-0.05, 0) is 35.9 Å². The number of carbonyl (C=O) groups is 2. The van der Waals surface area contributed by atoms with Gasteiger partial charge in [-0.25, -0.2) is 10.2 Å². The molecule has 0 aliphatic carbocycles. The molecule has 0 atom stereocenters. The molecule has 0 radical (unpaired) electrons. The van der Waals surface area contributed by atoms with Crippen molar-refractivity contribution in [1.29, 1.82) is 0 Å². The number of nitrogens with one attached hydrogen (secondary N) is 2. The van der Waals surface area contributed by atoms with Gasteiger partial charge in [0.05, 0.1) is 33.8 Å². The Morgan fingerprint density at radius 2 is 2.04 bits per heavy atom. The number of nitrogens with zero attached hydrogens (tertiary/aromatic N) is 2. The van der Waals surface area contributed by atoms with E-state index >= 15 is 0 Å². The Hall–Kier alpha value is -2.97. The van der Waals surface area contributed by atoms with Gasteiger partial charge in [-0.15, -0.1) is 11.3 Å². The van der Waals surface area contributed by atoms with Crippen molar-refractivity contribution in [3.8, 4) is 10.6 Å². The van der Waals surface area contributed by atoms with Gasteiger partial charge in [0, 0.05) is 0 Å². The standard InChI is InChI=1S/C17H13ClN4O3S/c1-25-17(24)11-4-2-10(3-5-11)9-19-22-16(23)13-8-12(20-21-13)14-6-7-15(18)26-14/h2-9H,1H3,(H,20,21)(H,22,23). The van der Waals surface area contributed by atoms with Gasteiger partial charge in [0.1, 0.15) is 0 Å². The molecule has 0 saturated carbocycles. The molecule has 1 amide bonds. The van der Waals surface area contributed by atoms with Crippen LogP contribution in [0.4, 0.5) is 0 Å². The Morgan fingerprint density at radius 1 is 1.27 bits per heavy atom. The number of hydrazone groups is 1. The number of hydrogen-bond acceptors (Lipinski definition) is 6. The molecule has 0 bridgehead atoms. The summed E-state index contributed by atoms with van der Waals surface area (Å²) in [6, 6.07) is 11.8. The fourth-order valence-corrected chi connectivity index (χ4v) is 3.08. The second kappa shape index (κ2) is 7.94. The Kier molecular flexibility index (Phi) is 5.45. The highest BCUT2D eigenvalue weighted by molar-refractivity contribution is 7.19. The van der Waals surface area contributed by atoms with Crippen LogP contribution < -0.4 is 5.43 Å². The maximum absolute atomic E-state index is 12.1. The van der Waals surface area contributed by atoms with Crippen LogP contribution in [0.5, 0.6) is 0 Å². The minimum atomic E-state index is -0.447. The highest BCUT2D eigenvalue weighted by Gasteiger charge is 2.12. The summed E-state index contributed by atoms with van der Waals surface area (Å²) in [7, 11) is 1.32. The van der Waals surface area contributed by atoms with Crippen molar-refractivity contribution in [2.24, 2.45) is 5.10 Å². The molecular formula is C17H13ClN4O3S. The maximum atomic E-state index is 12.1. The Balaban J connectivity index is 1.61. The molecule has 2 N–H and O–H groups in total. The third-order valence-electron chi connectivity index (χ3n) is 3.36. The molecule has 26 heavy (non-hydrogen) atoms. The van der Waals surface area contributed by atoms with E-state index in [2.05, 4.69) is 25.5 Å². The predicted octanol–water partition coefficient (Wildman–Crippen LogP) is 3.34. The lowest BCUT2D eigenvalue weighted by Crippen LogP contribution is -2.18. The van der Waals surface area contributed by atoms with E-state index in [9.17, 15) is 9.59 Å². The van der Waals surface area contributed by atoms with Gasteiger partial charge in [0.2, 0.25) is 0 Å². The molecule has 0 spiro atoms. The number of thiophene rings is 1. The lowest BCUT2D eigenvalue weighted by Gasteiger charge is -1.99. The normalized spacial score (nSPS) is 10.8. The number of aromatic amines is 1. The number of carbonyl (C=O) groups excluding carboxylic acids is 2. The summed E-state index contributed by atoms with van der Waals surface area (Å²) in [5.41, 5.74) is 4.47. The molecule has 132 valence electrons. The largest absolute Gasteiger partial charge is 0.465 e. The van der Waals surface area contributed by atoms with E-state index in [0.29, 0.717) is 21.2 Å². The number of benzene rings is 1. The molecule has 0 saturated heterocycles. The van der Waals surface area contributed by atoms with E-state index in [4.69, 9.17) is 11.6 Å². The second-order valence-corrected chi connectivity index (χ2v) is 6.80. The third-order valence-corrected chi connectivity index (χ3v) is 4.63. The summed E-state index contributed by atoms with van der Waals surface area (Å²) < 4.78 is 5.28. The van der Waals surface area contributed by atoms with Crippen molar-refractivity contribution >= 4 is 41.0 Å². The van der Waals surface area contributed by atoms with Crippen molar-refractivity contribution in [3.05, 3.63) is 63.6 Å². The first-order chi connectivity index (χ1) is 12.6. The average molecular weight is 389 g/mol. The molecule has 3 aromatic rings. The summed E-state index contributed by atoms with van der Waals surface area (Å²) in [5, 5.41) is 10.6. The quantitative estimate of drug-likeness (QED) is 0.398. The number of rotatable bonds is 5. The molecule has 0 aliphatic heterocycles. The van der Waals surface area contributed by atoms with Crippen LogP contribution in [0.3, 0.4) is 0 Å². The van der Waals surface area contributed by atoms with Gasteiger partial charge in [0.25, 0.3) is 5.91 Å². The van der Waals surface area contributed by atoms with Crippen LogP contribution in [-0.2, 0) is 4.74 Å². The SMILES string of the molecule is COC(=O)c1ccc(C=NNC(=O)c2cc(-c3ccc(Cl)s3)[nH]n2)cc1. The van der Waals surface area contributed by atoms with E-state index in [-0.39, 0.29) is 5.69 Å². The highest BCUT2D eigenvalue weighted by atomic mass is 35.5. The van der Waals surface area contributed by atoms with Crippen LogP contribution in [0.1, 0.15) is 26.4 Å². The van der Waals surface area contributed by atoms with E-state index in [0.717, 1.165) is 4.88 Å². The monoisotopic (exact) mass is 388 g/mol. The molecule has 2 aromatic heterocycles. The zero-order chi connectivity index (χ0) is 18.5. The Bertz CT molecular complexity index is 963. The zero-order valence-corrected chi connectivity index (χ0v) is 15.1. The smallest absolute Gasteiger partial charge is 0.337 e. The van der Waals surface area contributed by atoms with Crippen molar-refractivity contribution in [1.82, 2.24) is 15.6 Å². The summed E-state index contributed by atoms with van der Waals surface area (Å²) in [4.78, 5) is 24.3. The van der Waals surface area contributed by atoms with Gasteiger partial charge in [-0.3, -0.25) is 9.89 Å². The number of esters is 1. The first-order valence-corrected chi connectivity index (χ1v) is 8.59. The number of amides is 1. The van der Waals surface area contributed by atoms with Crippen LogP contribution in [0.15, 0.2) is 47.6 Å². The zero-order valence-electron chi connectivity index (χ0n) is 13.5. The first kappa shape index (κ1) is 17.8. The summed E-state index contributed by atoms with van der Waals surface area (Å²) >= 11 is 7.29. The molecule has 0 aliphatic rings. The van der Waals surface area contributed by atoms with Crippen LogP contribution in [0.2, 0.25) is 4.34 Å². The number of aromatic nitrogens is 2. The summed E-state index contributed by atoms with van der Waals surface area (Å²) in [6.45, 7) is 0. The van der Waals surface area contributed by atoms with Crippen LogP contribution >= 0.6 is 22.9 Å². The molecule has 7 nitrogen and oxygen atoms in total. The van der Waals surface area contributed by atoms with Gasteiger partial charge < -0.3 is 4.74 Å².